The molecule has 1 spiro atoms. The Kier molecular flexibility index (Phi) is 9.46. The minimum absolute atomic E-state index is 0.0206. The molecule has 266 valence electrons. The number of hydrogen-bond acceptors (Lipinski definition) is 13. The summed E-state index contributed by atoms with van der Waals surface area (Å²) in [6.07, 6.45) is 0.00906. The standard InChI is InChI=1S/C30H40N8O11/c1-28(2)44-12-19(46-28)22-23-24(49-29(3,4)47-23)30(48-22)9-21(40)45-27(43)37-17(7-15-10-31-13-34-15)25(41)33-6-5-20(39)36-18(26(42)38-30)8-16-11-32-14-35-16/h10-11,13-14,17-19,22-24H,5-9,12H2,1-4H3,(H,31,34)(H,32,35)(H,33,41)(H,36,39)(H,37,43)(H,38,42)/t17-,18+,19+,22+,23-,24-,30-/m1/s1. The Bertz CT molecular complexity index is 1550. The molecule has 4 fully saturated rings. The molecular formula is C30H40N8O11. The molecule has 2 aromatic rings. The lowest BCUT2D eigenvalue weighted by molar-refractivity contribution is -0.235. The van der Waals surface area contributed by atoms with E-state index in [4.69, 9.17) is 28.4 Å². The number of aromatic amines is 2. The highest BCUT2D eigenvalue weighted by Crippen LogP contribution is 2.47. The van der Waals surface area contributed by atoms with Crippen molar-refractivity contribution >= 4 is 29.8 Å². The third kappa shape index (κ3) is 7.91. The van der Waals surface area contributed by atoms with Crippen LogP contribution in [0.3, 0.4) is 0 Å². The van der Waals surface area contributed by atoms with Crippen molar-refractivity contribution in [3.05, 3.63) is 36.4 Å². The molecular weight excluding hydrogens is 648 g/mol. The monoisotopic (exact) mass is 688 g/mol. The molecule has 6 rings (SSSR count). The first-order valence-electron chi connectivity index (χ1n) is 15.9. The Labute approximate surface area is 280 Å². The molecule has 4 amide bonds. The van der Waals surface area contributed by atoms with Crippen LogP contribution >= 0.6 is 0 Å². The minimum Gasteiger partial charge on any atom is -0.376 e. The number of rotatable bonds is 5. The summed E-state index contributed by atoms with van der Waals surface area (Å²) in [5, 5.41) is 10.5. The summed E-state index contributed by atoms with van der Waals surface area (Å²) >= 11 is 0. The van der Waals surface area contributed by atoms with Gasteiger partial charge >= 0.3 is 12.1 Å². The second-order valence-corrected chi connectivity index (χ2v) is 13.2. The Morgan fingerprint density at radius 2 is 1.47 bits per heavy atom. The van der Waals surface area contributed by atoms with Crippen LogP contribution in [0.25, 0.3) is 0 Å². The van der Waals surface area contributed by atoms with Gasteiger partial charge in [0.25, 0.3) is 0 Å². The summed E-state index contributed by atoms with van der Waals surface area (Å²) in [5.74, 6) is -5.19. The van der Waals surface area contributed by atoms with Crippen LogP contribution in [0.5, 0.6) is 0 Å². The zero-order chi connectivity index (χ0) is 35.0. The van der Waals surface area contributed by atoms with Gasteiger partial charge in [-0.3, -0.25) is 19.2 Å². The maximum absolute atomic E-state index is 14.1. The first kappa shape index (κ1) is 34.4. The molecule has 7 atom stereocenters. The number of nitrogens with one attached hydrogen (secondary N) is 6. The van der Waals surface area contributed by atoms with Crippen molar-refractivity contribution in [2.45, 2.75) is 107 Å². The van der Waals surface area contributed by atoms with Crippen LogP contribution in [0.15, 0.2) is 25.0 Å². The summed E-state index contributed by atoms with van der Waals surface area (Å²) in [6, 6.07) is -2.41. The van der Waals surface area contributed by atoms with Gasteiger partial charge in [0, 0.05) is 49.6 Å². The number of carbonyl (C=O) groups excluding carboxylic acids is 5. The number of cyclic esters (lactones) is 2. The number of esters is 1. The van der Waals surface area contributed by atoms with Gasteiger partial charge in [-0.1, -0.05) is 0 Å². The molecule has 0 bridgehead atoms. The van der Waals surface area contributed by atoms with Crippen molar-refractivity contribution in [1.82, 2.24) is 41.2 Å². The van der Waals surface area contributed by atoms with Crippen LogP contribution in [-0.4, -0.2) is 117 Å². The highest BCUT2D eigenvalue weighted by molar-refractivity contribution is 5.92. The number of carbonyl (C=O) groups is 5. The zero-order valence-corrected chi connectivity index (χ0v) is 27.4. The number of amides is 4. The van der Waals surface area contributed by atoms with Crippen molar-refractivity contribution in [3.8, 4) is 0 Å². The van der Waals surface area contributed by atoms with E-state index in [2.05, 4.69) is 41.2 Å². The largest absolute Gasteiger partial charge is 0.415 e. The van der Waals surface area contributed by atoms with Crippen LogP contribution in [0.4, 0.5) is 4.79 Å². The number of hydrogen-bond donors (Lipinski definition) is 6. The second kappa shape index (κ2) is 13.5. The van der Waals surface area contributed by atoms with E-state index in [0.29, 0.717) is 11.4 Å². The lowest BCUT2D eigenvalue weighted by Gasteiger charge is -2.36. The van der Waals surface area contributed by atoms with Gasteiger partial charge in [-0.15, -0.1) is 0 Å². The van der Waals surface area contributed by atoms with E-state index in [1.54, 1.807) is 27.7 Å². The lowest BCUT2D eigenvalue weighted by atomic mass is 9.97. The molecule has 0 radical (unpaired) electrons. The topological polar surface area (TPSA) is 246 Å². The third-order valence-corrected chi connectivity index (χ3v) is 8.47. The first-order chi connectivity index (χ1) is 23.2. The molecule has 2 aromatic heterocycles. The summed E-state index contributed by atoms with van der Waals surface area (Å²) in [7, 11) is 0. The van der Waals surface area contributed by atoms with Gasteiger partial charge in [-0.2, -0.15) is 0 Å². The number of H-pyrrole nitrogens is 2. The van der Waals surface area contributed by atoms with Crippen molar-refractivity contribution < 1.29 is 52.4 Å². The average Bonchev–Trinajstić information content (AvgIpc) is 3.84. The summed E-state index contributed by atoms with van der Waals surface area (Å²) in [4.78, 5) is 80.7. The maximum atomic E-state index is 14.1. The maximum Gasteiger partial charge on any atom is 0.415 e. The molecule has 0 saturated carbocycles. The average molecular weight is 689 g/mol. The Morgan fingerprint density at radius 3 is 2.08 bits per heavy atom. The quantitative estimate of drug-likeness (QED) is 0.160. The Balaban J connectivity index is 1.34. The van der Waals surface area contributed by atoms with Gasteiger partial charge in [-0.25, -0.2) is 14.8 Å². The fraction of sp³-hybridized carbons (Fsp3) is 0.633. The molecule has 4 aliphatic heterocycles. The predicted molar refractivity (Wildman–Crippen MR) is 162 cm³/mol. The fourth-order valence-electron chi connectivity index (χ4n) is 6.38. The fourth-order valence-corrected chi connectivity index (χ4v) is 6.38. The number of alkyl carbamates (subject to hydrolysis) is 1. The van der Waals surface area contributed by atoms with E-state index >= 15 is 0 Å². The molecule has 19 heteroatoms. The van der Waals surface area contributed by atoms with Crippen molar-refractivity contribution in [2.75, 3.05) is 13.2 Å². The molecule has 4 saturated heterocycles. The molecule has 49 heavy (non-hydrogen) atoms. The number of aromatic nitrogens is 4. The van der Waals surface area contributed by atoms with Crippen molar-refractivity contribution in [3.63, 3.8) is 0 Å². The predicted octanol–water partition coefficient (Wildman–Crippen LogP) is -1.18. The van der Waals surface area contributed by atoms with Gasteiger partial charge in [0.05, 0.1) is 25.7 Å². The zero-order valence-electron chi connectivity index (χ0n) is 27.4. The van der Waals surface area contributed by atoms with Gasteiger partial charge in [0.1, 0.15) is 36.5 Å². The van der Waals surface area contributed by atoms with Crippen LogP contribution < -0.4 is 21.3 Å². The molecule has 0 aromatic carbocycles. The van der Waals surface area contributed by atoms with E-state index in [0.717, 1.165) is 0 Å². The Hall–Kier alpha value is -4.43. The van der Waals surface area contributed by atoms with Crippen LogP contribution in [0, 0.1) is 0 Å². The van der Waals surface area contributed by atoms with E-state index in [-0.39, 0.29) is 32.4 Å². The minimum atomic E-state index is -1.98. The summed E-state index contributed by atoms with van der Waals surface area (Å²) < 4.78 is 36.0. The van der Waals surface area contributed by atoms with Crippen LogP contribution in [0.2, 0.25) is 0 Å². The van der Waals surface area contributed by atoms with E-state index in [1.807, 2.05) is 0 Å². The lowest BCUT2D eigenvalue weighted by Crippen LogP contribution is -2.62. The number of imidazole rings is 2. The van der Waals surface area contributed by atoms with Crippen molar-refractivity contribution in [2.24, 2.45) is 0 Å². The molecule has 4 aliphatic rings. The smallest absolute Gasteiger partial charge is 0.376 e. The first-order valence-corrected chi connectivity index (χ1v) is 15.9. The van der Waals surface area contributed by atoms with Gasteiger partial charge in [0.2, 0.25) is 17.7 Å². The number of fused-ring (bicyclic) bond motifs is 2. The van der Waals surface area contributed by atoms with E-state index in [9.17, 15) is 24.0 Å². The van der Waals surface area contributed by atoms with Crippen LogP contribution in [-0.2, 0) is 60.4 Å². The molecule has 6 N–H and O–H groups in total. The molecule has 0 aliphatic carbocycles. The number of nitrogens with zero attached hydrogens (tertiary/aromatic N) is 2. The van der Waals surface area contributed by atoms with E-state index < -0.39 is 90.0 Å². The van der Waals surface area contributed by atoms with Crippen molar-refractivity contribution in [1.29, 1.82) is 0 Å². The highest BCUT2D eigenvalue weighted by atomic mass is 16.8. The summed E-state index contributed by atoms with van der Waals surface area (Å²) in [5.41, 5.74) is -0.937. The van der Waals surface area contributed by atoms with Crippen LogP contribution in [0.1, 0.15) is 51.9 Å². The SMILES string of the molecule is CC1(C)OC[C@@H]([C@@H]2O[C@]3(CC(=O)OC(=O)N[C@H](Cc4cnc[nH]4)C(=O)NCCC(=O)N[C@@H](Cc4cnc[nH]4)C(=O)N3)[C@@H]3OC(C)(C)O[C@H]23)O1. The number of ether oxygens (including phenoxy) is 6. The van der Waals surface area contributed by atoms with Gasteiger partial charge in [0.15, 0.2) is 17.3 Å². The molecule has 19 nitrogen and oxygen atoms in total. The van der Waals surface area contributed by atoms with Gasteiger partial charge in [-0.05, 0) is 27.7 Å². The second-order valence-electron chi connectivity index (χ2n) is 13.2. The van der Waals surface area contributed by atoms with E-state index in [1.165, 1.54) is 25.0 Å². The summed E-state index contributed by atoms with van der Waals surface area (Å²) in [6.45, 7) is 6.79. The van der Waals surface area contributed by atoms with Gasteiger partial charge < -0.3 is 59.7 Å². The molecule has 6 heterocycles. The third-order valence-electron chi connectivity index (χ3n) is 8.47. The Morgan fingerprint density at radius 1 is 0.796 bits per heavy atom. The normalized spacial score (nSPS) is 33.8. The molecule has 0 unspecified atom stereocenters. The highest BCUT2D eigenvalue weighted by Gasteiger charge is 2.67.